The predicted octanol–water partition coefficient (Wildman–Crippen LogP) is 1.01. The lowest BCUT2D eigenvalue weighted by atomic mass is 9.43. The van der Waals surface area contributed by atoms with E-state index < -0.39 is 56.1 Å². The van der Waals surface area contributed by atoms with Crippen LogP contribution in [0.1, 0.15) is 99.3 Å². The summed E-state index contributed by atoms with van der Waals surface area (Å²) in [7, 11) is -8.93. The Morgan fingerprint density at radius 2 is 1.42 bits per heavy atom. The highest BCUT2D eigenvalue weighted by Gasteiger charge is 2.68. The van der Waals surface area contributed by atoms with E-state index in [-0.39, 0.29) is 61.0 Å². The summed E-state index contributed by atoms with van der Waals surface area (Å²) in [5.41, 5.74) is 3.19. The maximum atomic E-state index is 14.2. The van der Waals surface area contributed by atoms with E-state index in [0.717, 1.165) is 44.8 Å². The molecular formula is C43H78B2N8O10S2. The van der Waals surface area contributed by atoms with Crippen molar-refractivity contribution in [2.75, 3.05) is 78.5 Å². The zero-order valence-electron chi connectivity index (χ0n) is 39.8. The van der Waals surface area contributed by atoms with Crippen LogP contribution >= 0.6 is 0 Å². The first kappa shape index (κ1) is 49.0. The zero-order valence-corrected chi connectivity index (χ0v) is 41.4. The van der Waals surface area contributed by atoms with E-state index in [1.54, 1.807) is 8.61 Å². The van der Waals surface area contributed by atoms with Gasteiger partial charge in [-0.25, -0.2) is 0 Å². The molecule has 5 aliphatic heterocycles. The molecule has 4 bridgehead atoms. The number of piperazine rings is 2. The molecule has 22 heteroatoms. The number of hydrogen-bond donors (Lipinski definition) is 6. The number of carboxylic acid groups (broad SMARTS) is 1. The fourth-order valence-electron chi connectivity index (χ4n) is 14.8. The summed E-state index contributed by atoms with van der Waals surface area (Å²) in [6.07, 6.45) is 8.41. The largest absolute Gasteiger partial charge is 0.480 e. The monoisotopic (exact) mass is 953 g/mol. The topological polar surface area (TPSA) is 229 Å². The summed E-state index contributed by atoms with van der Waals surface area (Å²) in [6.45, 7) is 17.9. The quantitative estimate of drug-likeness (QED) is 0.112. The Morgan fingerprint density at radius 3 is 2.02 bits per heavy atom. The molecule has 65 heavy (non-hydrogen) atoms. The smallest absolute Gasteiger partial charge is 0.457 e. The number of aliphatic carboxylic acids is 1. The molecule has 12 atom stereocenters. The lowest BCUT2D eigenvalue weighted by molar-refractivity contribution is -0.199. The summed E-state index contributed by atoms with van der Waals surface area (Å²) in [6, 6.07) is 0. The van der Waals surface area contributed by atoms with Crippen LogP contribution in [-0.4, -0.2) is 177 Å². The summed E-state index contributed by atoms with van der Waals surface area (Å²) in [5, 5.41) is 32.2. The molecule has 7 N–H and O–H groups in total. The van der Waals surface area contributed by atoms with Crippen molar-refractivity contribution in [3.63, 3.8) is 0 Å². The molecule has 0 spiro atoms. The molecule has 5 saturated carbocycles. The molecule has 0 radical (unpaired) electrons. The predicted molar refractivity (Wildman–Crippen MR) is 248 cm³/mol. The van der Waals surface area contributed by atoms with Crippen molar-refractivity contribution in [2.45, 2.75) is 146 Å². The molecule has 0 aromatic carbocycles. The number of carbonyl (C=O) groups is 1. The van der Waals surface area contributed by atoms with Crippen molar-refractivity contribution in [1.82, 2.24) is 33.2 Å². The Balaban J connectivity index is 0.838. The van der Waals surface area contributed by atoms with Crippen molar-refractivity contribution in [1.29, 1.82) is 0 Å². The summed E-state index contributed by atoms with van der Waals surface area (Å²) >= 11 is 0. The fourth-order valence-corrected chi connectivity index (χ4v) is 18.3. The first-order valence-electron chi connectivity index (χ1n) is 24.9. The first-order chi connectivity index (χ1) is 30.5. The van der Waals surface area contributed by atoms with E-state index in [9.17, 15) is 31.8 Å². The number of rotatable bonds is 17. The standard InChI is InChI=1S/C43H78B2N8O10S2/c1-38(2)33-24-34(38)42(6)36(25-33)61-45(63-42)14-8-9-31-26-52(64(57,58)50-19-15-47-16-20-50)28-39(31,3)49-41(5)30-11-12-40(4,35(41)23-30)62-44(56)13-7-10-32-27-53(29-43(32,46)37(54)55)65(59,60)51-21-17-48-18-22-51/h30-36,47-49,56H,7-29,46H2,1-6H3,(H,54,55)/t30-,31-,32-,33+,34+,35-,36-,39-,40-,41?,42+,43-/m0/s1. The molecule has 5 saturated heterocycles. The normalized spacial score (nSPS) is 43.6. The molecule has 10 fully saturated rings. The van der Waals surface area contributed by atoms with Gasteiger partial charge in [0.1, 0.15) is 5.54 Å². The summed E-state index contributed by atoms with van der Waals surface area (Å²) in [4.78, 5) is 12.5. The van der Waals surface area contributed by atoms with Crippen LogP contribution < -0.4 is 21.7 Å². The molecule has 0 aromatic rings. The first-order valence-corrected chi connectivity index (χ1v) is 27.7. The molecular weight excluding hydrogens is 874 g/mol. The molecule has 18 nitrogen and oxygen atoms in total. The lowest BCUT2D eigenvalue weighted by Gasteiger charge is -2.67. The van der Waals surface area contributed by atoms with Crippen molar-refractivity contribution >= 4 is 40.6 Å². The van der Waals surface area contributed by atoms with Gasteiger partial charge in [0.15, 0.2) is 0 Å². The van der Waals surface area contributed by atoms with E-state index in [2.05, 4.69) is 57.5 Å². The average molecular weight is 953 g/mol. The highest BCUT2D eigenvalue weighted by atomic mass is 32.2. The van der Waals surface area contributed by atoms with Gasteiger partial charge in [0, 0.05) is 101 Å². The van der Waals surface area contributed by atoms with Crippen LogP contribution in [0.3, 0.4) is 0 Å². The third kappa shape index (κ3) is 8.41. The second-order valence-corrected chi connectivity index (χ2v) is 27.0. The second kappa shape index (κ2) is 17.4. The summed E-state index contributed by atoms with van der Waals surface area (Å²) in [5.74, 6) is -0.211. The Morgan fingerprint density at radius 1 is 0.831 bits per heavy atom. The number of fused-ring (bicyclic) bond motifs is 2. The molecule has 5 heterocycles. The van der Waals surface area contributed by atoms with Gasteiger partial charge in [0.25, 0.3) is 20.4 Å². The molecule has 368 valence electrons. The Bertz CT molecular complexity index is 2020. The van der Waals surface area contributed by atoms with Crippen molar-refractivity contribution in [3.8, 4) is 0 Å². The van der Waals surface area contributed by atoms with Gasteiger partial charge in [-0.1, -0.05) is 26.7 Å². The molecule has 0 aromatic heterocycles. The van der Waals surface area contributed by atoms with Gasteiger partial charge in [0.05, 0.1) is 17.3 Å². The average Bonchev–Trinajstić information content (AvgIpc) is 3.91. The van der Waals surface area contributed by atoms with Gasteiger partial charge in [-0.15, -0.1) is 0 Å². The van der Waals surface area contributed by atoms with Gasteiger partial charge >= 0.3 is 20.2 Å². The van der Waals surface area contributed by atoms with E-state index in [0.29, 0.717) is 96.0 Å². The Hall–Kier alpha value is -0.980. The molecule has 10 rings (SSSR count). The third-order valence-corrected chi connectivity index (χ3v) is 22.9. The van der Waals surface area contributed by atoms with Gasteiger partial charge in [-0.05, 0) is 114 Å². The fraction of sp³-hybridized carbons (Fsp3) is 0.977. The number of hydrogen-bond acceptors (Lipinski definition) is 13. The van der Waals surface area contributed by atoms with Crippen LogP contribution in [0.15, 0.2) is 0 Å². The van der Waals surface area contributed by atoms with E-state index in [1.165, 1.54) is 15.0 Å². The van der Waals surface area contributed by atoms with Gasteiger partial charge in [-0.3, -0.25) is 4.79 Å². The zero-order chi connectivity index (χ0) is 46.6. The van der Waals surface area contributed by atoms with Crippen LogP contribution in [0.25, 0.3) is 0 Å². The maximum absolute atomic E-state index is 14.2. The Labute approximate surface area is 389 Å². The minimum Gasteiger partial charge on any atom is -0.480 e. The summed E-state index contributed by atoms with van der Waals surface area (Å²) < 4.78 is 81.4. The van der Waals surface area contributed by atoms with Crippen LogP contribution in [0, 0.1) is 40.9 Å². The second-order valence-electron chi connectivity index (χ2n) is 23.1. The molecule has 0 amide bonds. The minimum atomic E-state index is -3.87. The van der Waals surface area contributed by atoms with Gasteiger partial charge in [-0.2, -0.15) is 34.1 Å². The number of nitrogens with one attached hydrogen (secondary N) is 3. The van der Waals surface area contributed by atoms with Gasteiger partial charge < -0.3 is 45.8 Å². The van der Waals surface area contributed by atoms with Crippen LogP contribution in [0.4, 0.5) is 0 Å². The van der Waals surface area contributed by atoms with Crippen LogP contribution in [-0.2, 0) is 39.2 Å². The van der Waals surface area contributed by atoms with Crippen LogP contribution in [0.5, 0.6) is 0 Å². The van der Waals surface area contributed by atoms with Gasteiger partial charge in [0.2, 0.25) is 0 Å². The maximum Gasteiger partial charge on any atom is 0.457 e. The SMILES string of the molecule is CC1(C)[C@H]2C[C@@H]3OB(CCC[C@H]4CN(S(=O)(=O)N5CCNCC5)C[C@]4(C)NC4(C)[C@H]5CC[C@](C)(OB(O)CCC[C@H]6CN(S(=O)(=O)N7CCNCC7)C[C@@]6(N)C(=O)O)[C@@H]4C5)O[C@]3(C)[C@@H]1C2. The number of nitrogens with two attached hydrogens (primary N) is 1. The number of nitrogens with zero attached hydrogens (tertiary/aromatic N) is 4. The molecule has 10 aliphatic rings. The van der Waals surface area contributed by atoms with E-state index >= 15 is 0 Å². The molecule has 5 aliphatic carbocycles. The lowest BCUT2D eigenvalue weighted by Crippen LogP contribution is -2.76. The van der Waals surface area contributed by atoms with Crippen molar-refractivity contribution in [3.05, 3.63) is 0 Å². The van der Waals surface area contributed by atoms with Crippen LogP contribution in [0.2, 0.25) is 12.6 Å². The number of carboxylic acids is 1. The van der Waals surface area contributed by atoms with Crippen molar-refractivity contribution in [2.24, 2.45) is 46.7 Å². The van der Waals surface area contributed by atoms with E-state index in [1.807, 2.05) is 0 Å². The highest BCUT2D eigenvalue weighted by Crippen LogP contribution is 2.66. The highest BCUT2D eigenvalue weighted by molar-refractivity contribution is 7.87. The van der Waals surface area contributed by atoms with E-state index in [4.69, 9.17) is 19.7 Å². The molecule has 1 unspecified atom stereocenters. The Kier molecular flexibility index (Phi) is 13.1. The minimum absolute atomic E-state index is 0.00623. The van der Waals surface area contributed by atoms with Crippen molar-refractivity contribution < 1.29 is 45.7 Å². The third-order valence-electron chi connectivity index (χ3n) is 19.1.